The first-order valence-electron chi connectivity index (χ1n) is 14.9. The van der Waals surface area contributed by atoms with E-state index in [9.17, 15) is 23.2 Å². The lowest BCUT2D eigenvalue weighted by molar-refractivity contribution is -0.138. The highest BCUT2D eigenvalue weighted by molar-refractivity contribution is 9.10. The van der Waals surface area contributed by atoms with Crippen molar-refractivity contribution >= 4 is 50.2 Å². The molecule has 2 unspecified atom stereocenters. The Hall–Kier alpha value is -4.17. The van der Waals surface area contributed by atoms with Gasteiger partial charge in [0.1, 0.15) is 34.5 Å². The number of benzene rings is 1. The quantitative estimate of drug-likeness (QED) is 0.210. The van der Waals surface area contributed by atoms with E-state index in [0.29, 0.717) is 40.1 Å². The third kappa shape index (κ3) is 6.41. The summed E-state index contributed by atoms with van der Waals surface area (Å²) in [6, 6.07) is 6.51. The van der Waals surface area contributed by atoms with Gasteiger partial charge >= 0.3 is 0 Å². The highest BCUT2D eigenvalue weighted by Gasteiger charge is 2.47. The van der Waals surface area contributed by atoms with Crippen LogP contribution in [0.1, 0.15) is 40.8 Å². The first-order chi connectivity index (χ1) is 21.8. The Morgan fingerprint density at radius 1 is 1.04 bits per heavy atom. The van der Waals surface area contributed by atoms with Crippen LogP contribution in [0, 0.1) is 26.7 Å². The number of likely N-dealkylation sites (tertiary alicyclic amines) is 2. The summed E-state index contributed by atoms with van der Waals surface area (Å²) in [7, 11) is 0. The molecule has 1 aromatic carbocycles. The van der Waals surface area contributed by atoms with Gasteiger partial charge < -0.3 is 10.2 Å². The normalized spacial score (nSPS) is 19.3. The Morgan fingerprint density at radius 2 is 1.76 bits per heavy atom. The molecule has 2 amide bonds. The molecular weight excluding hydrogens is 662 g/mol. The number of hydrogen-bond donors (Lipinski definition) is 1. The maximum absolute atomic E-state index is 14.0. The molecule has 240 valence electrons. The van der Waals surface area contributed by atoms with Gasteiger partial charge in [0.15, 0.2) is 5.78 Å². The van der Waals surface area contributed by atoms with Crippen molar-refractivity contribution in [3.05, 3.63) is 63.9 Å². The molecule has 0 aliphatic carbocycles. The number of aryl methyl sites for hydroxylation is 3. The summed E-state index contributed by atoms with van der Waals surface area (Å²) in [5.74, 6) is -2.93. The molecule has 2 atom stereocenters. The summed E-state index contributed by atoms with van der Waals surface area (Å²) in [5.41, 5.74) is 3.99. The molecule has 14 heteroatoms. The second-order valence-electron chi connectivity index (χ2n) is 12.2. The zero-order valence-corrected chi connectivity index (χ0v) is 27.4. The third-order valence-corrected chi connectivity index (χ3v) is 8.95. The molecule has 6 rings (SSSR count). The number of nitrogens with zero attached hydrogens (tertiary/aromatic N) is 7. The fourth-order valence-electron chi connectivity index (χ4n) is 6.34. The van der Waals surface area contributed by atoms with Gasteiger partial charge in [-0.3, -0.25) is 24.0 Å². The van der Waals surface area contributed by atoms with Crippen molar-refractivity contribution in [2.24, 2.45) is 5.92 Å². The number of fused-ring (bicyclic) bond motifs is 1. The standard InChI is InChI=1S/C32H33BrF2N8O3/c1-17-5-6-26(33)38-30(17)39-31(46)25-8-21(12-41-15-32(34,35)16-41)13-42(25)27(45)14-43-29-18(2)7-22(23-10-36-20(4)37-11-23)9-24(29)28(40-43)19(3)44/h5-7,9-11,21,25H,8,12-16H2,1-4H3,(H,38,39,46). The van der Waals surface area contributed by atoms with Gasteiger partial charge in [-0.1, -0.05) is 6.07 Å². The summed E-state index contributed by atoms with van der Waals surface area (Å²) < 4.78 is 29.2. The molecule has 0 bridgehead atoms. The van der Waals surface area contributed by atoms with Crippen LogP contribution in [0.3, 0.4) is 0 Å². The van der Waals surface area contributed by atoms with Crippen molar-refractivity contribution in [2.45, 2.75) is 52.6 Å². The molecular formula is C32H33BrF2N8O3. The van der Waals surface area contributed by atoms with Gasteiger partial charge in [0.2, 0.25) is 11.8 Å². The maximum Gasteiger partial charge on any atom is 0.272 e. The van der Waals surface area contributed by atoms with Crippen molar-refractivity contribution in [3.8, 4) is 11.1 Å². The van der Waals surface area contributed by atoms with Gasteiger partial charge in [-0.05, 0) is 83.9 Å². The van der Waals surface area contributed by atoms with Gasteiger partial charge in [-0.25, -0.2) is 23.7 Å². The molecule has 2 saturated heterocycles. The van der Waals surface area contributed by atoms with Crippen molar-refractivity contribution < 1.29 is 23.2 Å². The Labute approximate surface area is 272 Å². The molecule has 0 saturated carbocycles. The van der Waals surface area contributed by atoms with Crippen molar-refractivity contribution in [3.63, 3.8) is 0 Å². The largest absolute Gasteiger partial charge is 0.329 e. The molecule has 2 aliphatic rings. The minimum Gasteiger partial charge on any atom is -0.329 e. The summed E-state index contributed by atoms with van der Waals surface area (Å²) >= 11 is 3.33. The van der Waals surface area contributed by atoms with Gasteiger partial charge in [0, 0.05) is 43.4 Å². The Morgan fingerprint density at radius 3 is 2.43 bits per heavy atom. The molecule has 11 nitrogen and oxygen atoms in total. The monoisotopic (exact) mass is 694 g/mol. The van der Waals surface area contributed by atoms with E-state index in [1.165, 1.54) is 16.5 Å². The minimum absolute atomic E-state index is 0.185. The van der Waals surface area contributed by atoms with Crippen LogP contribution in [-0.2, 0) is 16.1 Å². The Balaban J connectivity index is 1.29. The number of halogens is 3. The number of aromatic nitrogens is 5. The number of anilines is 1. The maximum atomic E-state index is 14.0. The zero-order valence-electron chi connectivity index (χ0n) is 25.9. The Kier molecular flexibility index (Phi) is 8.44. The minimum atomic E-state index is -2.71. The number of carbonyl (C=O) groups excluding carboxylic acids is 3. The molecule has 0 radical (unpaired) electrons. The lowest BCUT2D eigenvalue weighted by atomic mass is 10.0. The molecule has 0 spiro atoms. The molecule has 1 N–H and O–H groups in total. The van der Waals surface area contributed by atoms with Gasteiger partial charge in [0.05, 0.1) is 18.6 Å². The van der Waals surface area contributed by atoms with Crippen molar-refractivity contribution in [1.29, 1.82) is 0 Å². The number of nitrogens with one attached hydrogen (secondary N) is 1. The van der Waals surface area contributed by atoms with Crippen LogP contribution >= 0.6 is 15.9 Å². The first-order valence-corrected chi connectivity index (χ1v) is 15.7. The summed E-state index contributed by atoms with van der Waals surface area (Å²) in [6.07, 6.45) is 3.74. The number of pyridine rings is 1. The second kappa shape index (κ2) is 12.2. The van der Waals surface area contributed by atoms with E-state index in [1.54, 1.807) is 30.3 Å². The van der Waals surface area contributed by atoms with Crippen LogP contribution in [0.25, 0.3) is 22.0 Å². The van der Waals surface area contributed by atoms with Crippen LogP contribution in [0.5, 0.6) is 0 Å². The van der Waals surface area contributed by atoms with Crippen LogP contribution in [0.2, 0.25) is 0 Å². The van der Waals surface area contributed by atoms with Crippen molar-refractivity contribution in [1.82, 2.24) is 34.5 Å². The number of hydrogen-bond acceptors (Lipinski definition) is 8. The molecule has 2 fully saturated rings. The molecule has 4 aromatic rings. The van der Waals surface area contributed by atoms with Crippen molar-refractivity contribution in [2.75, 3.05) is 31.5 Å². The van der Waals surface area contributed by atoms with E-state index in [1.807, 2.05) is 32.0 Å². The molecule has 2 aliphatic heterocycles. The van der Waals surface area contributed by atoms with E-state index in [2.05, 4.69) is 41.3 Å². The van der Waals surface area contributed by atoms with Crippen LogP contribution in [0.4, 0.5) is 14.6 Å². The average molecular weight is 696 g/mol. The molecule has 3 aromatic heterocycles. The van der Waals surface area contributed by atoms with E-state index >= 15 is 0 Å². The number of amides is 2. The summed E-state index contributed by atoms with van der Waals surface area (Å²) in [5, 5.41) is 8.01. The Bertz CT molecular complexity index is 1850. The predicted octanol–water partition coefficient (Wildman–Crippen LogP) is 4.59. The second-order valence-corrected chi connectivity index (χ2v) is 13.1. The topological polar surface area (TPSA) is 126 Å². The van der Waals surface area contributed by atoms with Gasteiger partial charge in [-0.15, -0.1) is 0 Å². The SMILES string of the molecule is CC(=O)c1nn(CC(=O)N2CC(CN3CC(F)(F)C3)CC2C(=O)Nc2nc(Br)ccc2C)c2c(C)cc(-c3cnc(C)nc3)cc12. The summed E-state index contributed by atoms with van der Waals surface area (Å²) in [6.45, 7) is 6.60. The lowest BCUT2D eigenvalue weighted by Crippen LogP contribution is -2.57. The van der Waals surface area contributed by atoms with E-state index in [0.717, 1.165) is 22.3 Å². The van der Waals surface area contributed by atoms with Gasteiger partial charge in [-0.2, -0.15) is 5.10 Å². The smallest absolute Gasteiger partial charge is 0.272 e. The van der Waals surface area contributed by atoms with E-state index in [-0.39, 0.29) is 49.5 Å². The lowest BCUT2D eigenvalue weighted by Gasteiger charge is -2.40. The number of alkyl halides is 2. The van der Waals surface area contributed by atoms with Crippen LogP contribution in [0.15, 0.2) is 41.3 Å². The fraction of sp³-hybridized carbons (Fsp3) is 0.406. The number of ketones is 1. The average Bonchev–Trinajstić information content (AvgIpc) is 3.57. The highest BCUT2D eigenvalue weighted by atomic mass is 79.9. The molecule has 5 heterocycles. The number of rotatable bonds is 8. The van der Waals surface area contributed by atoms with E-state index < -0.39 is 17.9 Å². The zero-order chi connectivity index (χ0) is 32.9. The summed E-state index contributed by atoms with van der Waals surface area (Å²) in [4.78, 5) is 56.4. The van der Waals surface area contributed by atoms with E-state index in [4.69, 9.17) is 0 Å². The number of Topliss-reactive ketones (excluding diaryl/α,β-unsaturated/α-hetero) is 1. The highest BCUT2D eigenvalue weighted by Crippen LogP contribution is 2.33. The van der Waals surface area contributed by atoms with Crippen LogP contribution in [-0.4, -0.2) is 90.3 Å². The molecule has 46 heavy (non-hydrogen) atoms. The first kappa shape index (κ1) is 31.8. The number of carbonyl (C=O) groups is 3. The fourth-order valence-corrected chi connectivity index (χ4v) is 6.65. The third-order valence-electron chi connectivity index (χ3n) is 8.51. The van der Waals surface area contributed by atoms with Crippen LogP contribution < -0.4 is 5.32 Å². The van der Waals surface area contributed by atoms with Gasteiger partial charge in [0.25, 0.3) is 5.92 Å². The predicted molar refractivity (Wildman–Crippen MR) is 171 cm³/mol.